The fourth-order valence-electron chi connectivity index (χ4n) is 2.29. The smallest absolute Gasteiger partial charge is 0.145 e. The van der Waals surface area contributed by atoms with Crippen molar-refractivity contribution in [1.29, 1.82) is 0 Å². The molecule has 3 nitrogen and oxygen atoms in total. The molecule has 0 saturated carbocycles. The molecule has 0 bridgehead atoms. The lowest BCUT2D eigenvalue weighted by Gasteiger charge is -2.09. The van der Waals surface area contributed by atoms with Gasteiger partial charge in [0.05, 0.1) is 16.4 Å². The fourth-order valence-corrected chi connectivity index (χ4v) is 2.76. The van der Waals surface area contributed by atoms with Gasteiger partial charge in [-0.1, -0.05) is 59.6 Å². The average Bonchev–Trinajstić information content (AvgIpc) is 3.03. The molecule has 23 heavy (non-hydrogen) atoms. The minimum Gasteiger partial charge on any atom is -0.298 e. The quantitative estimate of drug-likeness (QED) is 0.496. The van der Waals surface area contributed by atoms with Crippen molar-refractivity contribution in [3.8, 4) is 11.3 Å². The summed E-state index contributed by atoms with van der Waals surface area (Å²) in [6.45, 7) is 0. The van der Waals surface area contributed by atoms with Gasteiger partial charge >= 0.3 is 0 Å². The molecule has 3 rings (SSSR count). The molecule has 2 aromatic carbocycles. The highest BCUT2D eigenvalue weighted by Crippen LogP contribution is 2.29. The first-order valence-corrected chi connectivity index (χ1v) is 7.67. The summed E-state index contributed by atoms with van der Waals surface area (Å²) < 4.78 is 1.62. The maximum Gasteiger partial charge on any atom is 0.145 e. The van der Waals surface area contributed by atoms with Crippen LogP contribution in [0.15, 0.2) is 66.9 Å². The van der Waals surface area contributed by atoms with E-state index in [1.165, 1.54) is 6.08 Å². The second-order valence-corrected chi connectivity index (χ2v) is 5.61. The Morgan fingerprint density at radius 3 is 2.35 bits per heavy atom. The van der Waals surface area contributed by atoms with Gasteiger partial charge < -0.3 is 0 Å². The monoisotopic (exact) mass is 342 g/mol. The molecule has 0 saturated heterocycles. The second-order valence-electron chi connectivity index (χ2n) is 4.79. The summed E-state index contributed by atoms with van der Waals surface area (Å²) in [5, 5.41) is 5.70. The third-order valence-corrected chi connectivity index (χ3v) is 4.02. The van der Waals surface area contributed by atoms with E-state index in [1.54, 1.807) is 16.9 Å². The summed E-state index contributed by atoms with van der Waals surface area (Å²) >= 11 is 12.4. The van der Waals surface area contributed by atoms with Gasteiger partial charge in [0.15, 0.2) is 0 Å². The molecule has 0 N–H and O–H groups in total. The number of aromatic nitrogens is 2. The summed E-state index contributed by atoms with van der Waals surface area (Å²) in [6.07, 6.45) is 3.93. The third-order valence-electron chi connectivity index (χ3n) is 3.36. The number of aldehydes is 1. The summed E-state index contributed by atoms with van der Waals surface area (Å²) in [5.74, 6) is 0. The van der Waals surface area contributed by atoms with Gasteiger partial charge in [0.2, 0.25) is 0 Å². The molecule has 0 aliphatic carbocycles. The fraction of sp³-hybridized carbons (Fsp3) is 0. The minimum atomic E-state index is 0.551. The number of allylic oxidation sites excluding steroid dienone is 1. The molecular formula is C18H12Cl2N2O. The summed E-state index contributed by atoms with van der Waals surface area (Å²) in [4.78, 5) is 11.0. The molecule has 0 atom stereocenters. The van der Waals surface area contributed by atoms with Crippen molar-refractivity contribution < 1.29 is 4.79 Å². The van der Waals surface area contributed by atoms with Crippen LogP contribution in [0, 0.1) is 0 Å². The molecule has 0 radical (unpaired) electrons. The Labute approximate surface area is 143 Å². The molecule has 3 aromatic rings. The van der Waals surface area contributed by atoms with Crippen LogP contribution >= 0.6 is 23.2 Å². The van der Waals surface area contributed by atoms with Gasteiger partial charge in [-0.25, -0.2) is 4.68 Å². The first kappa shape index (κ1) is 15.5. The van der Waals surface area contributed by atoms with Gasteiger partial charge in [-0.05, 0) is 18.2 Å². The number of benzene rings is 2. The van der Waals surface area contributed by atoms with Crippen molar-refractivity contribution in [1.82, 2.24) is 9.78 Å². The van der Waals surface area contributed by atoms with Crippen LogP contribution in [0.2, 0.25) is 10.0 Å². The zero-order valence-corrected chi connectivity index (χ0v) is 13.5. The third kappa shape index (κ3) is 3.21. The highest BCUT2D eigenvalue weighted by atomic mass is 35.5. The van der Waals surface area contributed by atoms with E-state index in [0.29, 0.717) is 15.7 Å². The lowest BCUT2D eigenvalue weighted by molar-refractivity contribution is -0.104. The molecule has 1 aromatic heterocycles. The SMILES string of the molecule is O=C/C=C(\c1ccccc1Cl)n1ccc(-c2ccccc2Cl)n1. The maximum atomic E-state index is 11.0. The van der Waals surface area contributed by atoms with E-state index in [4.69, 9.17) is 23.2 Å². The van der Waals surface area contributed by atoms with Crippen LogP contribution in [0.25, 0.3) is 17.0 Å². The molecule has 0 aliphatic heterocycles. The topological polar surface area (TPSA) is 34.9 Å². The van der Waals surface area contributed by atoms with E-state index in [2.05, 4.69) is 5.10 Å². The Kier molecular flexibility index (Phi) is 4.60. The highest BCUT2D eigenvalue weighted by molar-refractivity contribution is 6.33. The summed E-state index contributed by atoms with van der Waals surface area (Å²) in [6, 6.07) is 16.6. The molecule has 114 valence electrons. The molecule has 5 heteroatoms. The van der Waals surface area contributed by atoms with Gasteiger partial charge in [0.25, 0.3) is 0 Å². The Hall–Kier alpha value is -2.36. The number of nitrogens with zero attached hydrogens (tertiary/aromatic N) is 2. The predicted molar refractivity (Wildman–Crippen MR) is 93.6 cm³/mol. The van der Waals surface area contributed by atoms with Crippen LogP contribution in [0.3, 0.4) is 0 Å². The number of rotatable bonds is 4. The highest BCUT2D eigenvalue weighted by Gasteiger charge is 2.12. The summed E-state index contributed by atoms with van der Waals surface area (Å²) in [7, 11) is 0. The predicted octanol–water partition coefficient (Wildman–Crippen LogP) is 4.95. The van der Waals surface area contributed by atoms with E-state index >= 15 is 0 Å². The van der Waals surface area contributed by atoms with E-state index in [-0.39, 0.29) is 0 Å². The number of carbonyl (C=O) groups excluding carboxylic acids is 1. The molecule has 0 spiro atoms. The van der Waals surface area contributed by atoms with Crippen molar-refractivity contribution in [2.24, 2.45) is 0 Å². The molecule has 0 aliphatic rings. The Morgan fingerprint density at radius 2 is 1.65 bits per heavy atom. The Morgan fingerprint density at radius 1 is 0.957 bits per heavy atom. The maximum absolute atomic E-state index is 11.0. The first-order chi connectivity index (χ1) is 11.2. The summed E-state index contributed by atoms with van der Waals surface area (Å²) in [5.41, 5.74) is 2.89. The van der Waals surface area contributed by atoms with Crippen LogP contribution in [0.5, 0.6) is 0 Å². The van der Waals surface area contributed by atoms with Gasteiger partial charge in [-0.2, -0.15) is 5.10 Å². The Balaban J connectivity index is 2.07. The molecule has 1 heterocycles. The standard InChI is InChI=1S/C18H12Cl2N2O/c19-15-7-3-1-5-13(15)17-9-11-22(21-17)18(10-12-23)14-6-2-4-8-16(14)20/h1-12H/b18-10+. The molecule has 0 fully saturated rings. The molecule has 0 unspecified atom stereocenters. The molecular weight excluding hydrogens is 331 g/mol. The van der Waals surface area contributed by atoms with Crippen LogP contribution in [-0.4, -0.2) is 16.1 Å². The normalized spacial score (nSPS) is 11.5. The lowest BCUT2D eigenvalue weighted by atomic mass is 10.1. The molecule has 0 amide bonds. The lowest BCUT2D eigenvalue weighted by Crippen LogP contribution is -2.01. The zero-order valence-electron chi connectivity index (χ0n) is 12.0. The van der Waals surface area contributed by atoms with Gasteiger partial charge in [0.1, 0.15) is 6.29 Å². The van der Waals surface area contributed by atoms with Gasteiger partial charge in [0, 0.05) is 28.4 Å². The number of hydrogen-bond donors (Lipinski definition) is 0. The van der Waals surface area contributed by atoms with Crippen molar-refractivity contribution in [2.45, 2.75) is 0 Å². The number of carbonyl (C=O) groups is 1. The largest absolute Gasteiger partial charge is 0.298 e. The van der Waals surface area contributed by atoms with Crippen LogP contribution in [0.4, 0.5) is 0 Å². The van der Waals surface area contributed by atoms with Crippen LogP contribution in [0.1, 0.15) is 5.56 Å². The zero-order chi connectivity index (χ0) is 16.2. The van der Waals surface area contributed by atoms with Crippen molar-refractivity contribution in [3.63, 3.8) is 0 Å². The van der Waals surface area contributed by atoms with E-state index in [0.717, 1.165) is 23.1 Å². The number of hydrogen-bond acceptors (Lipinski definition) is 2. The van der Waals surface area contributed by atoms with E-state index < -0.39 is 0 Å². The van der Waals surface area contributed by atoms with Crippen LogP contribution < -0.4 is 0 Å². The van der Waals surface area contributed by atoms with Gasteiger partial charge in [-0.3, -0.25) is 4.79 Å². The van der Waals surface area contributed by atoms with E-state index in [9.17, 15) is 4.79 Å². The minimum absolute atomic E-state index is 0.551. The first-order valence-electron chi connectivity index (χ1n) is 6.92. The van der Waals surface area contributed by atoms with Crippen molar-refractivity contribution in [2.75, 3.05) is 0 Å². The van der Waals surface area contributed by atoms with Crippen molar-refractivity contribution in [3.05, 3.63) is 82.5 Å². The number of halogens is 2. The van der Waals surface area contributed by atoms with Crippen LogP contribution in [-0.2, 0) is 4.79 Å². The van der Waals surface area contributed by atoms with E-state index in [1.807, 2.05) is 48.5 Å². The van der Waals surface area contributed by atoms with Crippen molar-refractivity contribution >= 4 is 35.2 Å². The Bertz CT molecular complexity index is 884. The second kappa shape index (κ2) is 6.82. The van der Waals surface area contributed by atoms with Gasteiger partial charge in [-0.15, -0.1) is 0 Å². The average molecular weight is 343 g/mol.